The Morgan fingerprint density at radius 3 is 2.21 bits per heavy atom. The molecule has 0 fully saturated rings. The van der Waals surface area contributed by atoms with Crippen molar-refractivity contribution in [2.45, 2.75) is 0 Å². The Balaban J connectivity index is 1.76. The third-order valence-electron chi connectivity index (χ3n) is 5.94. The van der Waals surface area contributed by atoms with Gasteiger partial charge in [-0.05, 0) is 53.5 Å². The number of hydrogen-bond acceptors (Lipinski definition) is 2. The highest BCUT2D eigenvalue weighted by Crippen LogP contribution is 2.43. The predicted molar refractivity (Wildman–Crippen MR) is 120 cm³/mol. The van der Waals surface area contributed by atoms with Crippen molar-refractivity contribution in [2.24, 2.45) is 4.99 Å². The first-order chi connectivity index (χ1) is 13.9. The van der Waals surface area contributed by atoms with Crippen molar-refractivity contribution in [1.82, 2.24) is 0 Å². The second-order valence-corrected chi connectivity index (χ2v) is 7.30. The van der Waals surface area contributed by atoms with Gasteiger partial charge in [-0.3, -0.25) is 4.99 Å². The summed E-state index contributed by atoms with van der Waals surface area (Å²) in [5, 5.41) is 0. The highest BCUT2D eigenvalue weighted by Gasteiger charge is 2.42. The van der Waals surface area contributed by atoms with E-state index in [1.807, 2.05) is 0 Å². The van der Waals surface area contributed by atoms with E-state index in [4.69, 9.17) is 0 Å². The van der Waals surface area contributed by atoms with Crippen LogP contribution in [0.15, 0.2) is 96.0 Å². The molecule has 0 spiro atoms. The number of benzene rings is 4. The first kappa shape index (κ1) is 15.5. The molecular weight excluding hydrogens is 339 g/mol. The summed E-state index contributed by atoms with van der Waals surface area (Å²) in [7, 11) is 0. The lowest BCUT2D eigenvalue weighted by Gasteiger charge is -2.36. The number of rotatable bonds is 2. The molecule has 0 aliphatic carbocycles. The summed E-state index contributed by atoms with van der Waals surface area (Å²) in [6.45, 7) is 4.07. The third-order valence-corrected chi connectivity index (χ3v) is 5.94. The normalized spacial score (nSPS) is 13.0. The minimum absolute atomic E-state index is 0.235. The van der Waals surface area contributed by atoms with Crippen molar-refractivity contribution >= 4 is 52.6 Å². The number of nitrogens with zero attached hydrogens (tertiary/aromatic N) is 2. The molecule has 6 rings (SSSR count). The van der Waals surface area contributed by atoms with Crippen LogP contribution in [0.1, 0.15) is 0 Å². The molecule has 0 radical (unpaired) electrons. The zero-order valence-corrected chi connectivity index (χ0v) is 15.3. The average Bonchev–Trinajstić information content (AvgIpc) is 3.12. The predicted octanol–water partition coefficient (Wildman–Crippen LogP) is 4.30. The molecule has 2 aliphatic rings. The molecule has 0 amide bonds. The molecule has 2 heterocycles. The molecule has 4 aromatic rings. The van der Waals surface area contributed by atoms with Gasteiger partial charge in [-0.2, -0.15) is 0 Å². The van der Waals surface area contributed by atoms with Crippen molar-refractivity contribution in [3.63, 3.8) is 0 Å². The molecule has 2 aliphatic heterocycles. The molecule has 0 saturated carbocycles. The van der Waals surface area contributed by atoms with Gasteiger partial charge in [0, 0.05) is 22.6 Å². The second kappa shape index (κ2) is 5.70. The maximum atomic E-state index is 4.36. The summed E-state index contributed by atoms with van der Waals surface area (Å²) in [6.07, 6.45) is 0. The summed E-state index contributed by atoms with van der Waals surface area (Å²) in [5.74, 6) is 0. The molecule has 0 unspecified atom stereocenters. The monoisotopic (exact) mass is 356 g/mol. The van der Waals surface area contributed by atoms with Crippen LogP contribution in [0, 0.1) is 0 Å². The lowest BCUT2D eigenvalue weighted by molar-refractivity contribution is 1.29. The minimum Gasteiger partial charge on any atom is -0.311 e. The van der Waals surface area contributed by atoms with Crippen LogP contribution >= 0.6 is 0 Å². The highest BCUT2D eigenvalue weighted by molar-refractivity contribution is 7.01. The minimum atomic E-state index is 0.235. The number of aliphatic imine (C=N–C) groups is 1. The number of hydrogen-bond donors (Lipinski definition) is 0. The maximum absolute atomic E-state index is 4.36. The first-order valence-corrected chi connectivity index (χ1v) is 9.55. The summed E-state index contributed by atoms with van der Waals surface area (Å²) in [4.78, 5) is 6.74. The van der Waals surface area contributed by atoms with Gasteiger partial charge in [0.2, 0.25) is 6.71 Å². The van der Waals surface area contributed by atoms with E-state index in [0.717, 1.165) is 5.69 Å². The number of anilines is 3. The smallest absolute Gasteiger partial charge is 0.248 e. The summed E-state index contributed by atoms with van der Waals surface area (Å²) in [5.41, 5.74) is 11.1. The molecule has 3 heteroatoms. The molecule has 4 aromatic carbocycles. The van der Waals surface area contributed by atoms with Crippen molar-refractivity contribution in [3.05, 3.63) is 91.0 Å². The molecule has 0 atom stereocenters. The van der Waals surface area contributed by atoms with Gasteiger partial charge >= 0.3 is 0 Å². The fourth-order valence-electron chi connectivity index (χ4n) is 4.87. The highest BCUT2D eigenvalue weighted by atomic mass is 15.1. The number of fused-ring (bicyclic) bond motifs is 5. The van der Waals surface area contributed by atoms with Gasteiger partial charge in [0.05, 0.1) is 5.69 Å². The van der Waals surface area contributed by atoms with E-state index in [9.17, 15) is 0 Å². The largest absolute Gasteiger partial charge is 0.311 e. The van der Waals surface area contributed by atoms with Gasteiger partial charge in [-0.15, -0.1) is 0 Å². The Morgan fingerprint density at radius 1 is 0.679 bits per heavy atom. The van der Waals surface area contributed by atoms with E-state index in [1.165, 1.54) is 44.6 Å². The van der Waals surface area contributed by atoms with E-state index >= 15 is 0 Å². The topological polar surface area (TPSA) is 15.6 Å². The molecule has 2 nitrogen and oxygen atoms in total. The van der Waals surface area contributed by atoms with Crippen LogP contribution in [0.2, 0.25) is 0 Å². The lowest BCUT2D eigenvalue weighted by atomic mass is 9.37. The molecule has 130 valence electrons. The Hall–Kier alpha value is -3.59. The molecule has 28 heavy (non-hydrogen) atoms. The van der Waals surface area contributed by atoms with Gasteiger partial charge in [0.15, 0.2) is 0 Å². The third kappa shape index (κ3) is 1.91. The summed E-state index contributed by atoms with van der Waals surface area (Å²) in [6, 6.07) is 32.4. The first-order valence-electron chi connectivity index (χ1n) is 9.55. The van der Waals surface area contributed by atoms with E-state index < -0.39 is 0 Å². The van der Waals surface area contributed by atoms with Gasteiger partial charge in [0.25, 0.3) is 0 Å². The Bertz CT molecular complexity index is 1250. The van der Waals surface area contributed by atoms with Crippen molar-refractivity contribution in [2.75, 3.05) is 4.90 Å². The standard InChI is InChI=1S/C25H17BN2/c1-27-21-15-16-23-25-24(21)18-11-5-6-12-19(18)26(25)20-13-7-8-14-22(20)28(23)17-9-3-2-4-10-17/h2-16H,1H2. The second-order valence-electron chi connectivity index (χ2n) is 7.30. The molecule has 0 saturated heterocycles. The zero-order chi connectivity index (χ0) is 18.7. The van der Waals surface area contributed by atoms with Gasteiger partial charge in [0.1, 0.15) is 0 Å². The van der Waals surface area contributed by atoms with Crippen LogP contribution in [0.25, 0.3) is 11.1 Å². The van der Waals surface area contributed by atoms with Crippen LogP contribution in [-0.2, 0) is 0 Å². The summed E-state index contributed by atoms with van der Waals surface area (Å²) < 4.78 is 0. The van der Waals surface area contributed by atoms with Crippen molar-refractivity contribution in [1.29, 1.82) is 0 Å². The van der Waals surface area contributed by atoms with Gasteiger partial charge in [-0.1, -0.05) is 66.1 Å². The van der Waals surface area contributed by atoms with Crippen LogP contribution in [0.4, 0.5) is 22.7 Å². The quantitative estimate of drug-likeness (QED) is 0.334. The van der Waals surface area contributed by atoms with Crippen LogP contribution in [0.3, 0.4) is 0 Å². The Labute approximate surface area is 164 Å². The lowest BCUT2D eigenvalue weighted by Crippen LogP contribution is -2.54. The fraction of sp³-hybridized carbons (Fsp3) is 0. The van der Waals surface area contributed by atoms with Gasteiger partial charge in [-0.25, -0.2) is 0 Å². The van der Waals surface area contributed by atoms with E-state index in [2.05, 4.69) is 108 Å². The van der Waals surface area contributed by atoms with E-state index in [-0.39, 0.29) is 6.71 Å². The van der Waals surface area contributed by atoms with Crippen molar-refractivity contribution < 1.29 is 0 Å². The fourth-order valence-corrected chi connectivity index (χ4v) is 4.87. The Morgan fingerprint density at radius 2 is 1.39 bits per heavy atom. The Kier molecular flexibility index (Phi) is 3.15. The SMILES string of the molecule is C=Nc1ccc2c3c1-c1ccccc1B3c1ccccc1N2c1ccccc1. The van der Waals surface area contributed by atoms with E-state index in [1.54, 1.807) is 0 Å². The molecule has 0 bridgehead atoms. The van der Waals surface area contributed by atoms with Crippen molar-refractivity contribution in [3.8, 4) is 11.1 Å². The average molecular weight is 356 g/mol. The summed E-state index contributed by atoms with van der Waals surface area (Å²) >= 11 is 0. The molecule has 0 N–H and O–H groups in total. The zero-order valence-electron chi connectivity index (χ0n) is 15.3. The molecule has 0 aromatic heterocycles. The van der Waals surface area contributed by atoms with Crippen LogP contribution in [-0.4, -0.2) is 13.4 Å². The van der Waals surface area contributed by atoms with Crippen LogP contribution in [0.5, 0.6) is 0 Å². The van der Waals surface area contributed by atoms with E-state index in [0.29, 0.717) is 0 Å². The molecular formula is C25H17BN2. The van der Waals surface area contributed by atoms with Gasteiger partial charge < -0.3 is 4.90 Å². The van der Waals surface area contributed by atoms with Crippen LogP contribution < -0.4 is 21.3 Å². The maximum Gasteiger partial charge on any atom is 0.248 e. The number of para-hydroxylation sites is 2.